The normalized spacial score (nSPS) is 10.4. The van der Waals surface area contributed by atoms with Crippen molar-refractivity contribution in [1.82, 2.24) is 0 Å². The van der Waals surface area contributed by atoms with Crippen LogP contribution in [0.2, 0.25) is 0 Å². The predicted octanol–water partition coefficient (Wildman–Crippen LogP) is 5.67. The third-order valence-corrected chi connectivity index (χ3v) is 4.19. The number of hydrogen-bond donors (Lipinski definition) is 1. The van der Waals surface area contributed by atoms with Crippen LogP contribution in [0.4, 0.5) is 5.69 Å². The van der Waals surface area contributed by atoms with Gasteiger partial charge in [0.05, 0.1) is 18.9 Å². The van der Waals surface area contributed by atoms with Crippen LogP contribution in [-0.4, -0.2) is 19.1 Å². The summed E-state index contributed by atoms with van der Waals surface area (Å²) in [6.45, 7) is 5.39. The molecule has 3 rings (SSSR count). The fourth-order valence-corrected chi connectivity index (χ4v) is 2.81. The molecule has 150 valence electrons. The van der Waals surface area contributed by atoms with Crippen molar-refractivity contribution < 1.29 is 19.0 Å². The molecule has 0 spiro atoms. The summed E-state index contributed by atoms with van der Waals surface area (Å²) in [5.41, 5.74) is 1.97. The summed E-state index contributed by atoms with van der Waals surface area (Å²) in [4.78, 5) is 12.9. The van der Waals surface area contributed by atoms with Gasteiger partial charge in [-0.3, -0.25) is 4.79 Å². The van der Waals surface area contributed by atoms with Crippen LogP contribution in [-0.2, 0) is 11.3 Å². The summed E-state index contributed by atoms with van der Waals surface area (Å²) in [5.74, 6) is 1.78. The maximum Gasteiger partial charge on any atom is 0.255 e. The van der Waals surface area contributed by atoms with E-state index in [0.29, 0.717) is 42.6 Å². The Labute approximate surface area is 171 Å². The Kier molecular flexibility index (Phi) is 7.25. The lowest BCUT2D eigenvalue weighted by atomic mass is 10.1. The van der Waals surface area contributed by atoms with E-state index >= 15 is 0 Å². The number of hydrogen-bond acceptors (Lipinski definition) is 4. The molecule has 0 saturated carbocycles. The van der Waals surface area contributed by atoms with Crippen LogP contribution < -0.4 is 14.8 Å². The van der Waals surface area contributed by atoms with Crippen molar-refractivity contribution in [3.63, 3.8) is 0 Å². The Morgan fingerprint density at radius 1 is 0.862 bits per heavy atom. The Bertz CT molecular complexity index is 941. The van der Waals surface area contributed by atoms with Gasteiger partial charge in [0, 0.05) is 17.7 Å². The molecule has 5 nitrogen and oxygen atoms in total. The summed E-state index contributed by atoms with van der Waals surface area (Å²) in [6.07, 6.45) is 0. The molecule has 0 unspecified atom stereocenters. The van der Waals surface area contributed by atoms with Gasteiger partial charge in [0.2, 0.25) is 0 Å². The van der Waals surface area contributed by atoms with Crippen LogP contribution in [0.15, 0.2) is 72.8 Å². The molecule has 29 heavy (non-hydrogen) atoms. The quantitative estimate of drug-likeness (QED) is 0.511. The number of rotatable bonds is 9. The third kappa shape index (κ3) is 5.59. The van der Waals surface area contributed by atoms with E-state index in [-0.39, 0.29) is 5.91 Å². The number of amides is 1. The highest BCUT2D eigenvalue weighted by Crippen LogP contribution is 2.30. The standard InChI is InChI=1S/C24H25NO4/c1-3-27-17-19-16-18(14-15-22(19)28-4-2)24(26)25-21-12-8-9-13-23(21)29-20-10-6-5-7-11-20/h5-16H,3-4,17H2,1-2H3,(H,25,26). The lowest BCUT2D eigenvalue weighted by Gasteiger charge is -2.14. The Balaban J connectivity index is 1.80. The summed E-state index contributed by atoms with van der Waals surface area (Å²) in [6, 6.07) is 22.2. The van der Waals surface area contributed by atoms with Crippen molar-refractivity contribution in [3.8, 4) is 17.2 Å². The molecule has 0 bridgehead atoms. The van der Waals surface area contributed by atoms with Crippen molar-refractivity contribution in [3.05, 3.63) is 83.9 Å². The van der Waals surface area contributed by atoms with E-state index in [0.717, 1.165) is 11.3 Å². The Morgan fingerprint density at radius 2 is 1.62 bits per heavy atom. The second kappa shape index (κ2) is 10.3. The topological polar surface area (TPSA) is 56.8 Å². The molecule has 0 aliphatic rings. The molecule has 0 radical (unpaired) electrons. The number of carbonyl (C=O) groups excluding carboxylic acids is 1. The van der Waals surface area contributed by atoms with E-state index in [1.165, 1.54) is 0 Å². The maximum atomic E-state index is 12.9. The minimum atomic E-state index is -0.227. The lowest BCUT2D eigenvalue weighted by Crippen LogP contribution is -2.13. The maximum absolute atomic E-state index is 12.9. The molecule has 1 N–H and O–H groups in total. The molecule has 0 aromatic heterocycles. The number of nitrogens with one attached hydrogen (secondary N) is 1. The Morgan fingerprint density at radius 3 is 2.38 bits per heavy atom. The van der Waals surface area contributed by atoms with Gasteiger partial charge in [-0.25, -0.2) is 0 Å². The average Bonchev–Trinajstić information content (AvgIpc) is 2.75. The summed E-state index contributed by atoms with van der Waals surface area (Å²) in [5, 5.41) is 2.94. The zero-order chi connectivity index (χ0) is 20.5. The monoisotopic (exact) mass is 391 g/mol. The second-order valence-corrected chi connectivity index (χ2v) is 6.26. The van der Waals surface area contributed by atoms with E-state index in [4.69, 9.17) is 14.2 Å². The molecular weight excluding hydrogens is 366 g/mol. The highest BCUT2D eigenvalue weighted by Gasteiger charge is 2.13. The predicted molar refractivity (Wildman–Crippen MR) is 114 cm³/mol. The van der Waals surface area contributed by atoms with Crippen molar-refractivity contribution in [2.45, 2.75) is 20.5 Å². The lowest BCUT2D eigenvalue weighted by molar-refractivity contribution is 0.102. The SMILES string of the molecule is CCOCc1cc(C(=O)Nc2ccccc2Oc2ccccc2)ccc1OCC. The molecule has 3 aromatic rings. The summed E-state index contributed by atoms with van der Waals surface area (Å²) >= 11 is 0. The molecule has 0 heterocycles. The summed E-state index contributed by atoms with van der Waals surface area (Å²) in [7, 11) is 0. The number of para-hydroxylation sites is 3. The van der Waals surface area contributed by atoms with Gasteiger partial charge in [-0.15, -0.1) is 0 Å². The zero-order valence-electron chi connectivity index (χ0n) is 16.7. The first-order chi connectivity index (χ1) is 14.2. The number of anilines is 1. The van der Waals surface area contributed by atoms with Crippen molar-refractivity contribution >= 4 is 11.6 Å². The highest BCUT2D eigenvalue weighted by atomic mass is 16.5. The second-order valence-electron chi connectivity index (χ2n) is 6.26. The van der Waals surface area contributed by atoms with Crippen molar-refractivity contribution in [1.29, 1.82) is 0 Å². The van der Waals surface area contributed by atoms with Crippen molar-refractivity contribution in [2.75, 3.05) is 18.5 Å². The molecule has 1 amide bonds. The minimum Gasteiger partial charge on any atom is -0.494 e. The summed E-state index contributed by atoms with van der Waals surface area (Å²) < 4.78 is 17.1. The van der Waals surface area contributed by atoms with Crippen LogP contribution in [0.3, 0.4) is 0 Å². The molecule has 3 aromatic carbocycles. The van der Waals surface area contributed by atoms with Crippen LogP contribution in [0, 0.1) is 0 Å². The van der Waals surface area contributed by atoms with Gasteiger partial charge in [-0.05, 0) is 56.3 Å². The number of benzene rings is 3. The van der Waals surface area contributed by atoms with Gasteiger partial charge in [0.1, 0.15) is 11.5 Å². The van der Waals surface area contributed by atoms with E-state index in [9.17, 15) is 4.79 Å². The average molecular weight is 391 g/mol. The van der Waals surface area contributed by atoms with E-state index in [1.807, 2.05) is 68.4 Å². The molecule has 0 atom stereocenters. The van der Waals surface area contributed by atoms with Gasteiger partial charge in [0.25, 0.3) is 5.91 Å². The van der Waals surface area contributed by atoms with Crippen LogP contribution in [0.1, 0.15) is 29.8 Å². The van der Waals surface area contributed by atoms with Crippen LogP contribution >= 0.6 is 0 Å². The fourth-order valence-electron chi connectivity index (χ4n) is 2.81. The third-order valence-electron chi connectivity index (χ3n) is 4.19. The Hall–Kier alpha value is -3.31. The van der Waals surface area contributed by atoms with Gasteiger partial charge in [-0.2, -0.15) is 0 Å². The first-order valence-corrected chi connectivity index (χ1v) is 9.68. The highest BCUT2D eigenvalue weighted by molar-refractivity contribution is 6.05. The smallest absolute Gasteiger partial charge is 0.255 e. The first-order valence-electron chi connectivity index (χ1n) is 9.68. The molecule has 0 aliphatic heterocycles. The first kappa shape index (κ1) is 20.4. The van der Waals surface area contributed by atoms with Crippen LogP contribution in [0.5, 0.6) is 17.2 Å². The van der Waals surface area contributed by atoms with E-state index < -0.39 is 0 Å². The van der Waals surface area contributed by atoms with Gasteiger partial charge >= 0.3 is 0 Å². The molecular formula is C24H25NO4. The van der Waals surface area contributed by atoms with E-state index in [1.54, 1.807) is 18.2 Å². The molecule has 0 fully saturated rings. The molecule has 5 heteroatoms. The van der Waals surface area contributed by atoms with Gasteiger partial charge in [0.15, 0.2) is 5.75 Å². The fraction of sp³-hybridized carbons (Fsp3) is 0.208. The van der Waals surface area contributed by atoms with Gasteiger partial charge < -0.3 is 19.5 Å². The van der Waals surface area contributed by atoms with Crippen LogP contribution in [0.25, 0.3) is 0 Å². The van der Waals surface area contributed by atoms with Gasteiger partial charge in [-0.1, -0.05) is 30.3 Å². The number of ether oxygens (including phenoxy) is 3. The zero-order valence-corrected chi connectivity index (χ0v) is 16.7. The largest absolute Gasteiger partial charge is 0.494 e. The minimum absolute atomic E-state index is 0.227. The molecule has 0 aliphatic carbocycles. The van der Waals surface area contributed by atoms with Crippen molar-refractivity contribution in [2.24, 2.45) is 0 Å². The van der Waals surface area contributed by atoms with E-state index in [2.05, 4.69) is 5.32 Å². The number of carbonyl (C=O) groups is 1. The molecule has 0 saturated heterocycles.